The van der Waals surface area contributed by atoms with E-state index in [1.807, 2.05) is 24.3 Å². The van der Waals surface area contributed by atoms with Gasteiger partial charge in [-0.1, -0.05) is 43.6 Å². The summed E-state index contributed by atoms with van der Waals surface area (Å²) >= 11 is 0.155. The fourth-order valence-corrected chi connectivity index (χ4v) is 4.03. The summed E-state index contributed by atoms with van der Waals surface area (Å²) in [5.74, 6) is 1.29. The number of amides is 1. The molecule has 0 atom stereocenters. The third-order valence-electron chi connectivity index (χ3n) is 5.45. The number of nitrogens with one attached hydrogen (secondary N) is 1. The van der Waals surface area contributed by atoms with E-state index in [9.17, 15) is 23.2 Å². The molecule has 0 spiro atoms. The number of nitrogens with zero attached hydrogens (tertiary/aromatic N) is 3. The number of carbonyl (C=O) groups is 1. The van der Waals surface area contributed by atoms with Gasteiger partial charge in [0, 0.05) is 0 Å². The Bertz CT molecular complexity index is 1350. The quantitative estimate of drug-likeness (QED) is 0.121. The monoisotopic (exact) mass is 590 g/mol. The van der Waals surface area contributed by atoms with Crippen LogP contribution in [-0.2, 0) is 11.0 Å². The van der Waals surface area contributed by atoms with Crippen LogP contribution in [0, 0.1) is 11.3 Å². The molecular formula is C28H29F3N4O5S. The van der Waals surface area contributed by atoms with Gasteiger partial charge in [0.05, 0.1) is 13.7 Å². The van der Waals surface area contributed by atoms with Crippen molar-refractivity contribution in [2.24, 2.45) is 0 Å². The molecule has 0 fully saturated rings. The number of aromatic nitrogens is 2. The molecule has 1 heterocycles. The standard InChI is InChI=1S/C28H29F3N4O5S/c1-3-4-5-6-13-38-21-8-10-22(11-9-21)39-14-15-40-23-12-7-19(17-24(23)37-2)16-20(18-32)25(36)33-27-35-34-26(41-27)28(29,30)31/h7-12,16-17H,3-6,13-15H2,1-2H3,(H,33,35,36)/b20-16-. The zero-order valence-electron chi connectivity index (χ0n) is 22.5. The van der Waals surface area contributed by atoms with Crippen LogP contribution >= 0.6 is 11.3 Å². The van der Waals surface area contributed by atoms with Crippen molar-refractivity contribution in [1.29, 1.82) is 5.26 Å². The molecule has 0 unspecified atom stereocenters. The molecule has 0 aliphatic carbocycles. The van der Waals surface area contributed by atoms with Gasteiger partial charge in [-0.3, -0.25) is 10.1 Å². The Labute approximate surface area is 239 Å². The van der Waals surface area contributed by atoms with Crippen LogP contribution in [0.5, 0.6) is 23.0 Å². The van der Waals surface area contributed by atoms with Crippen molar-refractivity contribution in [2.75, 3.05) is 32.2 Å². The summed E-state index contributed by atoms with van der Waals surface area (Å²) in [6, 6.07) is 13.8. The first-order valence-corrected chi connectivity index (χ1v) is 13.6. The minimum Gasteiger partial charge on any atom is -0.494 e. The summed E-state index contributed by atoms with van der Waals surface area (Å²) in [4.78, 5) is 12.4. The van der Waals surface area contributed by atoms with E-state index in [1.54, 1.807) is 24.3 Å². The number of ether oxygens (including phenoxy) is 4. The molecular weight excluding hydrogens is 561 g/mol. The largest absolute Gasteiger partial charge is 0.494 e. The second kappa shape index (κ2) is 15.5. The predicted octanol–water partition coefficient (Wildman–Crippen LogP) is 6.53. The smallest absolute Gasteiger partial charge is 0.445 e. The number of methoxy groups -OCH3 is 1. The van der Waals surface area contributed by atoms with Crippen molar-refractivity contribution in [3.63, 3.8) is 0 Å². The number of hydrogen-bond donors (Lipinski definition) is 1. The second-order valence-electron chi connectivity index (χ2n) is 8.52. The molecule has 9 nitrogen and oxygen atoms in total. The van der Waals surface area contributed by atoms with E-state index >= 15 is 0 Å². The molecule has 218 valence electrons. The highest BCUT2D eigenvalue weighted by Crippen LogP contribution is 2.33. The number of benzene rings is 2. The second-order valence-corrected chi connectivity index (χ2v) is 9.50. The third-order valence-corrected chi connectivity index (χ3v) is 6.34. The van der Waals surface area contributed by atoms with Crippen molar-refractivity contribution in [3.05, 3.63) is 58.6 Å². The average molecular weight is 591 g/mol. The Morgan fingerprint density at radius 3 is 2.27 bits per heavy atom. The fraction of sp³-hybridized carbons (Fsp3) is 0.357. The molecule has 0 saturated heterocycles. The molecule has 1 amide bonds. The number of alkyl halides is 3. The molecule has 2 aromatic carbocycles. The van der Waals surface area contributed by atoms with E-state index in [0.29, 0.717) is 29.4 Å². The number of halogens is 3. The number of nitriles is 1. The average Bonchev–Trinajstić information content (AvgIpc) is 3.44. The van der Waals surface area contributed by atoms with E-state index in [-0.39, 0.29) is 35.3 Å². The summed E-state index contributed by atoms with van der Waals surface area (Å²) in [6.07, 6.45) is 1.15. The van der Waals surface area contributed by atoms with Crippen LogP contribution in [0.1, 0.15) is 43.2 Å². The summed E-state index contributed by atoms with van der Waals surface area (Å²) in [6.45, 7) is 3.34. The van der Waals surface area contributed by atoms with Gasteiger partial charge in [-0.2, -0.15) is 18.4 Å². The SMILES string of the molecule is CCCCCCOc1ccc(OCCOc2ccc(/C=C(/C#N)C(=O)Nc3nnc(C(F)(F)F)s3)cc2OC)cc1. The molecule has 0 bridgehead atoms. The van der Waals surface area contributed by atoms with Crippen LogP contribution in [0.25, 0.3) is 6.08 Å². The minimum absolute atomic E-state index is 0.155. The van der Waals surface area contributed by atoms with Gasteiger partial charge in [0.15, 0.2) is 11.5 Å². The zero-order valence-corrected chi connectivity index (χ0v) is 23.3. The first-order chi connectivity index (χ1) is 19.7. The number of anilines is 1. The van der Waals surface area contributed by atoms with Crippen molar-refractivity contribution in [3.8, 4) is 29.1 Å². The van der Waals surface area contributed by atoms with Crippen LogP contribution in [0.4, 0.5) is 18.3 Å². The molecule has 0 radical (unpaired) electrons. The van der Waals surface area contributed by atoms with Crippen molar-refractivity contribution in [2.45, 2.75) is 38.8 Å². The topological polar surface area (TPSA) is 116 Å². The number of rotatable bonds is 15. The van der Waals surface area contributed by atoms with Gasteiger partial charge in [-0.05, 0) is 54.5 Å². The molecule has 41 heavy (non-hydrogen) atoms. The van der Waals surface area contributed by atoms with Gasteiger partial charge in [-0.15, -0.1) is 10.2 Å². The normalized spacial score (nSPS) is 11.5. The molecule has 0 saturated carbocycles. The van der Waals surface area contributed by atoms with Crippen molar-refractivity contribution in [1.82, 2.24) is 10.2 Å². The summed E-state index contributed by atoms with van der Waals surface area (Å²) in [7, 11) is 1.44. The van der Waals surface area contributed by atoms with Gasteiger partial charge in [-0.25, -0.2) is 0 Å². The summed E-state index contributed by atoms with van der Waals surface area (Å²) in [5, 5.41) is 16.2. The van der Waals surface area contributed by atoms with E-state index < -0.39 is 17.1 Å². The zero-order chi connectivity index (χ0) is 29.7. The Kier molecular flexibility index (Phi) is 11.8. The minimum atomic E-state index is -4.69. The Morgan fingerprint density at radius 1 is 0.976 bits per heavy atom. The van der Waals surface area contributed by atoms with E-state index in [2.05, 4.69) is 22.4 Å². The first-order valence-electron chi connectivity index (χ1n) is 12.7. The van der Waals surface area contributed by atoms with E-state index in [1.165, 1.54) is 26.0 Å². The van der Waals surface area contributed by atoms with Crippen LogP contribution in [-0.4, -0.2) is 43.0 Å². The predicted molar refractivity (Wildman–Crippen MR) is 147 cm³/mol. The summed E-state index contributed by atoms with van der Waals surface area (Å²) in [5.41, 5.74) is 0.0730. The lowest BCUT2D eigenvalue weighted by Gasteiger charge is -2.12. The molecule has 0 aliphatic heterocycles. The summed E-state index contributed by atoms with van der Waals surface area (Å²) < 4.78 is 60.7. The molecule has 1 N–H and O–H groups in total. The number of unbranched alkanes of at least 4 members (excludes halogenated alkanes) is 3. The van der Waals surface area contributed by atoms with Crippen molar-refractivity contribution < 1.29 is 36.9 Å². The Balaban J connectivity index is 1.51. The van der Waals surface area contributed by atoms with E-state index in [4.69, 9.17) is 18.9 Å². The maximum absolute atomic E-state index is 12.7. The lowest BCUT2D eigenvalue weighted by atomic mass is 10.1. The maximum Gasteiger partial charge on any atom is 0.445 e. The lowest BCUT2D eigenvalue weighted by Crippen LogP contribution is -2.13. The maximum atomic E-state index is 12.7. The van der Waals surface area contributed by atoms with Gasteiger partial charge in [0.1, 0.15) is 36.4 Å². The lowest BCUT2D eigenvalue weighted by molar-refractivity contribution is -0.138. The van der Waals surface area contributed by atoms with Crippen LogP contribution in [0.2, 0.25) is 0 Å². The Morgan fingerprint density at radius 2 is 1.66 bits per heavy atom. The highest BCUT2D eigenvalue weighted by molar-refractivity contribution is 7.15. The third kappa shape index (κ3) is 9.99. The highest BCUT2D eigenvalue weighted by Gasteiger charge is 2.35. The fourth-order valence-electron chi connectivity index (χ4n) is 3.42. The molecule has 13 heteroatoms. The van der Waals surface area contributed by atoms with Crippen LogP contribution in [0.3, 0.4) is 0 Å². The van der Waals surface area contributed by atoms with Crippen LogP contribution < -0.4 is 24.3 Å². The van der Waals surface area contributed by atoms with E-state index in [0.717, 1.165) is 18.6 Å². The Hall–Kier alpha value is -4.31. The first kappa shape index (κ1) is 31.2. The van der Waals surface area contributed by atoms with Gasteiger partial charge in [0.25, 0.3) is 5.91 Å². The number of carbonyl (C=O) groups excluding carboxylic acids is 1. The highest BCUT2D eigenvalue weighted by atomic mass is 32.1. The van der Waals surface area contributed by atoms with Gasteiger partial charge >= 0.3 is 6.18 Å². The molecule has 0 aliphatic rings. The molecule has 3 rings (SSSR count). The molecule has 3 aromatic rings. The van der Waals surface area contributed by atoms with Gasteiger partial charge < -0.3 is 18.9 Å². The number of hydrogen-bond acceptors (Lipinski definition) is 9. The van der Waals surface area contributed by atoms with Crippen molar-refractivity contribution >= 4 is 28.5 Å². The van der Waals surface area contributed by atoms with Crippen LogP contribution in [0.15, 0.2) is 48.0 Å². The van der Waals surface area contributed by atoms with Gasteiger partial charge in [0.2, 0.25) is 10.1 Å². The molecule has 1 aromatic heterocycles.